The summed E-state index contributed by atoms with van der Waals surface area (Å²) in [6.45, 7) is 20.0. The summed E-state index contributed by atoms with van der Waals surface area (Å²) >= 11 is 0. The molecule has 0 saturated carbocycles. The second-order valence-corrected chi connectivity index (χ2v) is 27.1. The van der Waals surface area contributed by atoms with Crippen molar-refractivity contribution in [2.75, 3.05) is 149 Å². The molecular formula is C73H92N18O6S. The van der Waals surface area contributed by atoms with Gasteiger partial charge in [-0.1, -0.05) is 82.3 Å². The van der Waals surface area contributed by atoms with Crippen molar-refractivity contribution in [3.8, 4) is 0 Å². The smallest absolute Gasteiger partial charge is 0.409 e. The van der Waals surface area contributed by atoms with Crippen LogP contribution in [0.1, 0.15) is 88.7 Å². The zero-order valence-electron chi connectivity index (χ0n) is 58.0. The Bertz CT molecular complexity index is 4290. The fourth-order valence-electron chi connectivity index (χ4n) is 13.5. The van der Waals surface area contributed by atoms with Crippen LogP contribution in [0.15, 0.2) is 146 Å². The molecule has 3 aromatic carbocycles. The predicted octanol–water partition coefficient (Wildman–Crippen LogP) is 10.4. The highest BCUT2D eigenvalue weighted by molar-refractivity contribution is 7.88. The number of pyridine rings is 3. The molecule has 3 unspecified atom stereocenters. The lowest BCUT2D eigenvalue weighted by atomic mass is 9.95. The van der Waals surface area contributed by atoms with Crippen LogP contribution in [0.25, 0.3) is 32.7 Å². The molecule has 0 spiro atoms. The van der Waals surface area contributed by atoms with E-state index >= 15 is 0 Å². The van der Waals surface area contributed by atoms with Gasteiger partial charge in [-0.2, -0.15) is 0 Å². The van der Waals surface area contributed by atoms with E-state index in [1.807, 2.05) is 96.3 Å². The van der Waals surface area contributed by atoms with E-state index < -0.39 is 10.0 Å². The van der Waals surface area contributed by atoms with Crippen molar-refractivity contribution in [3.05, 3.63) is 163 Å². The molecule has 0 radical (unpaired) electrons. The van der Waals surface area contributed by atoms with Gasteiger partial charge in [0.25, 0.3) is 0 Å². The third kappa shape index (κ3) is 15.5. The molecular weight excluding hydrogens is 1260 g/mol. The molecule has 25 heteroatoms. The van der Waals surface area contributed by atoms with Gasteiger partial charge >= 0.3 is 12.2 Å². The Hall–Kier alpha value is -9.62. The average molecular weight is 1350 g/mol. The van der Waals surface area contributed by atoms with Crippen molar-refractivity contribution in [1.82, 2.24) is 59.0 Å². The molecule has 6 fully saturated rings. The normalized spacial score (nSPS) is 18.5. The van der Waals surface area contributed by atoms with Crippen LogP contribution < -0.4 is 29.4 Å². The molecule has 98 heavy (non-hydrogen) atoms. The van der Waals surface area contributed by atoms with Crippen LogP contribution in [0.5, 0.6) is 0 Å². The van der Waals surface area contributed by atoms with Gasteiger partial charge in [0.2, 0.25) is 10.0 Å². The van der Waals surface area contributed by atoms with Crippen LogP contribution >= 0.6 is 0 Å². The lowest BCUT2D eigenvalue weighted by molar-refractivity contribution is 0.104. The van der Waals surface area contributed by atoms with E-state index in [0.29, 0.717) is 25.0 Å². The fraction of sp³-hybridized carbons (Fsp3) is 0.438. The van der Waals surface area contributed by atoms with Crippen LogP contribution in [0, 0.1) is 0 Å². The van der Waals surface area contributed by atoms with E-state index in [1.165, 1.54) is 17.7 Å². The quantitative estimate of drug-likeness (QED) is 0.0985. The first-order valence-corrected chi connectivity index (χ1v) is 36.2. The fourth-order valence-corrected chi connectivity index (χ4v) is 14.2. The second-order valence-electron chi connectivity index (χ2n) is 25.0. The number of methoxy groups -OCH3 is 1. The Kier molecular flexibility index (Phi) is 22.6. The van der Waals surface area contributed by atoms with Crippen molar-refractivity contribution in [2.24, 2.45) is 0 Å². The summed E-state index contributed by atoms with van der Waals surface area (Å²) in [6.07, 6.45) is 13.8. The van der Waals surface area contributed by atoms with Gasteiger partial charge in [-0.05, 0) is 80.8 Å². The van der Waals surface area contributed by atoms with E-state index in [1.54, 1.807) is 61.1 Å². The van der Waals surface area contributed by atoms with Gasteiger partial charge in [0.05, 0.1) is 65.7 Å². The summed E-state index contributed by atoms with van der Waals surface area (Å²) in [4.78, 5) is 83.3. The van der Waals surface area contributed by atoms with Gasteiger partial charge < -0.3 is 48.7 Å². The van der Waals surface area contributed by atoms with E-state index in [9.17, 15) is 18.0 Å². The van der Waals surface area contributed by atoms with Crippen LogP contribution in [0.4, 0.5) is 44.5 Å². The Morgan fingerprint density at radius 1 is 0.439 bits per heavy atom. The SMILES string of the molecule is CC.CC.CCOC(=O)N(C)C1CCN(c2nccnc2C2CN(c3ccc4ccccc4n3)C2)C1.CN(C1CCN(c2nccnc2C2CN(c3ccc4ccccc4n3)C2)C1)S(C)(=O)=O.COC(=O)N(C)C1CCN(c2nccnc2C2CN(c3ccc4ccccc4n3)C2)C1. The monoisotopic (exact) mass is 1350 g/mol. The number of nitrogens with zero attached hydrogens (tertiary/aromatic N) is 18. The van der Waals surface area contributed by atoms with Crippen molar-refractivity contribution in [2.45, 2.75) is 89.8 Å². The molecule has 12 heterocycles. The third-order valence-corrected chi connectivity index (χ3v) is 20.5. The second kappa shape index (κ2) is 31.7. The number of carbonyl (C=O) groups is 2. The highest BCUT2D eigenvalue weighted by Crippen LogP contribution is 2.39. The highest BCUT2D eigenvalue weighted by Gasteiger charge is 2.40. The van der Waals surface area contributed by atoms with Crippen LogP contribution in [0.2, 0.25) is 0 Å². The molecule has 6 aliphatic rings. The Labute approximate surface area is 575 Å². The van der Waals surface area contributed by atoms with Crippen molar-refractivity contribution >= 4 is 89.8 Å². The largest absolute Gasteiger partial charge is 0.453 e. The molecule has 9 aromatic rings. The van der Waals surface area contributed by atoms with Gasteiger partial charge in [-0.25, -0.2) is 52.2 Å². The molecule has 2 amide bonds. The lowest BCUT2D eigenvalue weighted by Crippen LogP contribution is -2.46. The van der Waals surface area contributed by atoms with Crippen LogP contribution in [-0.2, 0) is 19.5 Å². The molecule has 0 N–H and O–H groups in total. The zero-order chi connectivity index (χ0) is 69.0. The number of carbonyl (C=O) groups excluding carboxylic acids is 2. The van der Waals surface area contributed by atoms with Gasteiger partial charge in [-0.15, -0.1) is 0 Å². The maximum Gasteiger partial charge on any atom is 0.409 e. The molecule has 6 saturated heterocycles. The summed E-state index contributed by atoms with van der Waals surface area (Å²) in [5, 5.41) is 3.45. The number of ether oxygens (including phenoxy) is 2. The maximum atomic E-state index is 12.1. The van der Waals surface area contributed by atoms with Crippen molar-refractivity contribution in [3.63, 3.8) is 0 Å². The molecule has 3 atom stereocenters. The van der Waals surface area contributed by atoms with E-state index in [0.717, 1.165) is 176 Å². The van der Waals surface area contributed by atoms with Gasteiger partial charge in [0.15, 0.2) is 17.5 Å². The summed E-state index contributed by atoms with van der Waals surface area (Å²) < 4.78 is 35.3. The summed E-state index contributed by atoms with van der Waals surface area (Å²) in [6, 6.07) is 37.3. The summed E-state index contributed by atoms with van der Waals surface area (Å²) in [5.74, 6) is 6.64. The zero-order valence-corrected chi connectivity index (χ0v) is 58.9. The van der Waals surface area contributed by atoms with E-state index in [2.05, 4.69) is 109 Å². The number of benzene rings is 3. The third-order valence-electron chi connectivity index (χ3n) is 19.2. The number of likely N-dealkylation sites (N-methyl/N-ethyl adjacent to an activating group) is 3. The number of fused-ring (bicyclic) bond motifs is 3. The minimum atomic E-state index is -3.21. The molecule has 15 rings (SSSR count). The molecule has 6 aliphatic heterocycles. The molecule has 24 nitrogen and oxygen atoms in total. The number of aromatic nitrogens is 9. The van der Waals surface area contributed by atoms with Gasteiger partial charge in [-0.3, -0.25) is 15.0 Å². The minimum absolute atomic E-state index is 0.0375. The number of amides is 2. The first-order valence-electron chi connectivity index (χ1n) is 34.3. The lowest BCUT2D eigenvalue weighted by Gasteiger charge is -2.40. The van der Waals surface area contributed by atoms with Gasteiger partial charge in [0.1, 0.15) is 17.5 Å². The minimum Gasteiger partial charge on any atom is -0.453 e. The summed E-state index contributed by atoms with van der Waals surface area (Å²) in [7, 11) is 3.46. The average Bonchev–Trinajstić information content (AvgIpc) is 1.46. The van der Waals surface area contributed by atoms with Crippen molar-refractivity contribution < 1.29 is 27.5 Å². The first kappa shape index (κ1) is 69.7. The predicted molar refractivity (Wildman–Crippen MR) is 388 cm³/mol. The molecule has 0 bridgehead atoms. The topological polar surface area (TPSA) is 232 Å². The Morgan fingerprint density at radius 2 is 0.755 bits per heavy atom. The van der Waals surface area contributed by atoms with E-state index in [-0.39, 0.29) is 36.2 Å². The number of sulfonamides is 1. The van der Waals surface area contributed by atoms with Crippen LogP contribution in [-0.4, -0.2) is 217 Å². The van der Waals surface area contributed by atoms with Crippen LogP contribution in [0.3, 0.4) is 0 Å². The summed E-state index contributed by atoms with van der Waals surface area (Å²) in [5.41, 5.74) is 6.08. The molecule has 516 valence electrons. The molecule has 0 aliphatic carbocycles. The van der Waals surface area contributed by atoms with Gasteiger partial charge in [0, 0.05) is 177 Å². The highest BCUT2D eigenvalue weighted by atomic mass is 32.2. The number of rotatable bonds is 14. The Morgan fingerprint density at radius 3 is 1.09 bits per heavy atom. The van der Waals surface area contributed by atoms with Crippen molar-refractivity contribution in [1.29, 1.82) is 0 Å². The number of hydrogen-bond donors (Lipinski definition) is 0. The number of hydrogen-bond acceptors (Lipinski definition) is 21. The number of anilines is 6. The van der Waals surface area contributed by atoms with E-state index in [4.69, 9.17) is 29.4 Å². The Balaban J connectivity index is 0.000000145. The maximum absolute atomic E-state index is 12.1. The first-order chi connectivity index (χ1) is 47.7. The standard InChI is InChI=1S/C24H28N6O2.C23H26N6O2.C22H26N6O2S.2C2H6/c1-3-32-24(31)28(2)19-10-13-29(16-19)23-22(25-11-12-26-23)18-14-30(15-18)21-9-8-17-6-4-5-7-20(17)27-21;1-27(23(30)31-2)18-9-12-28(15-18)22-21(24-10-11-25-22)17-13-29(14-17)20-8-7-16-5-3-4-6-19(16)26-20;1-26(31(2,29)30)18-9-12-27(15-18)22-21(23-10-11-24-22)17-13-28(14-17)20-8-7-16-5-3-4-6-19(16)25-20;2*1-2/h4-9,11-12,18-19H,3,10,13-16H2,1-2H3;2*3-8,10-11,17-18H,9,12-15H2,1-2H3;2*1-2H3. The number of para-hydroxylation sites is 3. The molecule has 6 aromatic heterocycles.